The van der Waals surface area contributed by atoms with Crippen LogP contribution in [0, 0.1) is 0 Å². The van der Waals surface area contributed by atoms with Crippen molar-refractivity contribution in [2.45, 2.75) is 235 Å². The standard InChI is InChI=1S/C59H98O14/c1-3-5-7-9-11-13-15-17-19-21-22-23-24-25-26-27-28-30-32-34-36-38-40-42-51(61)71-48(45-68-43-41-39-37-35-33-31-29-20-18-16-14-12-10-8-6-4-2)46-69-58-57(67)55(65)53(63)50(73-58)47-70-59-56(66)54(64)52(62)49(44-60)72-59/h5-8,11-14,17-20,22-23,25-26,48-50,52-60,62-67H,3-4,9-10,15-16,21,24,27-47H2,1-2H3/b7-5-,8-6-,13-11-,14-12-,19-17-,20-18-,23-22-,26-25-. The van der Waals surface area contributed by atoms with E-state index < -0.39 is 86.7 Å². The quantitative estimate of drug-likeness (QED) is 0.0172. The van der Waals surface area contributed by atoms with Crippen molar-refractivity contribution >= 4 is 5.97 Å². The van der Waals surface area contributed by atoms with Crippen molar-refractivity contribution in [3.63, 3.8) is 0 Å². The molecule has 0 spiro atoms. The zero-order valence-corrected chi connectivity index (χ0v) is 44.6. The Balaban J connectivity index is 1.74. The lowest BCUT2D eigenvalue weighted by atomic mass is 9.98. The molecule has 0 radical (unpaired) electrons. The lowest BCUT2D eigenvalue weighted by Crippen LogP contribution is -2.61. The third-order valence-corrected chi connectivity index (χ3v) is 12.6. The predicted octanol–water partition coefficient (Wildman–Crippen LogP) is 9.41. The van der Waals surface area contributed by atoms with Crippen LogP contribution in [0.15, 0.2) is 97.2 Å². The number of hydrogen-bond acceptors (Lipinski definition) is 14. The Morgan fingerprint density at radius 3 is 1.33 bits per heavy atom. The normalized spacial score (nSPS) is 25.7. The average molecular weight is 1030 g/mol. The molecule has 0 aliphatic carbocycles. The molecule has 418 valence electrons. The summed E-state index contributed by atoms with van der Waals surface area (Å²) in [5.41, 5.74) is 0. The maximum Gasteiger partial charge on any atom is 0.306 e. The minimum atomic E-state index is -1.72. The van der Waals surface area contributed by atoms with E-state index in [0.29, 0.717) is 13.0 Å². The van der Waals surface area contributed by atoms with E-state index in [0.717, 1.165) is 128 Å². The van der Waals surface area contributed by atoms with Gasteiger partial charge in [0.2, 0.25) is 0 Å². The number of carbonyl (C=O) groups is 1. The number of ether oxygens (including phenoxy) is 6. The number of allylic oxidation sites excluding steroid dienone is 16. The summed E-state index contributed by atoms with van der Waals surface area (Å²) < 4.78 is 34.3. The Kier molecular flexibility index (Phi) is 40.8. The van der Waals surface area contributed by atoms with E-state index in [1.54, 1.807) is 0 Å². The number of unbranched alkanes of at least 4 members (excludes halogenated alkanes) is 13. The lowest BCUT2D eigenvalue weighted by molar-refractivity contribution is -0.332. The molecule has 0 bridgehead atoms. The zero-order chi connectivity index (χ0) is 53.0. The maximum absolute atomic E-state index is 13.1. The fraction of sp³-hybridized carbons (Fsp3) is 0.712. The number of aliphatic hydroxyl groups is 7. The van der Waals surface area contributed by atoms with Gasteiger partial charge in [0.15, 0.2) is 12.6 Å². The summed E-state index contributed by atoms with van der Waals surface area (Å²) in [7, 11) is 0. The largest absolute Gasteiger partial charge is 0.457 e. The van der Waals surface area contributed by atoms with Crippen molar-refractivity contribution in [3.8, 4) is 0 Å². The molecule has 2 aliphatic heterocycles. The van der Waals surface area contributed by atoms with Crippen LogP contribution in [0.3, 0.4) is 0 Å². The van der Waals surface area contributed by atoms with E-state index in [4.69, 9.17) is 28.4 Å². The Morgan fingerprint density at radius 1 is 0.452 bits per heavy atom. The number of esters is 1. The van der Waals surface area contributed by atoms with Crippen LogP contribution in [0.1, 0.15) is 168 Å². The van der Waals surface area contributed by atoms with Crippen LogP contribution in [0.25, 0.3) is 0 Å². The van der Waals surface area contributed by atoms with Crippen molar-refractivity contribution in [2.24, 2.45) is 0 Å². The maximum atomic E-state index is 13.1. The van der Waals surface area contributed by atoms with Gasteiger partial charge in [-0.15, -0.1) is 0 Å². The molecule has 0 aromatic rings. The van der Waals surface area contributed by atoms with Gasteiger partial charge in [0.1, 0.15) is 54.9 Å². The van der Waals surface area contributed by atoms with Crippen LogP contribution < -0.4 is 0 Å². The number of aliphatic hydroxyl groups excluding tert-OH is 7. The fourth-order valence-electron chi connectivity index (χ4n) is 8.15. The molecule has 2 heterocycles. The first-order valence-electron chi connectivity index (χ1n) is 27.8. The zero-order valence-electron chi connectivity index (χ0n) is 44.6. The minimum absolute atomic E-state index is 0.0416. The molecule has 14 nitrogen and oxygen atoms in total. The molecule has 2 saturated heterocycles. The van der Waals surface area contributed by atoms with Crippen LogP contribution >= 0.6 is 0 Å². The van der Waals surface area contributed by atoms with Crippen LogP contribution in [-0.4, -0.2) is 142 Å². The van der Waals surface area contributed by atoms with Crippen molar-refractivity contribution in [1.29, 1.82) is 0 Å². The van der Waals surface area contributed by atoms with E-state index in [2.05, 4.69) is 111 Å². The molecule has 0 saturated carbocycles. The second-order valence-corrected chi connectivity index (χ2v) is 19.0. The predicted molar refractivity (Wildman–Crippen MR) is 288 cm³/mol. The third-order valence-electron chi connectivity index (χ3n) is 12.6. The van der Waals surface area contributed by atoms with E-state index in [1.807, 2.05) is 0 Å². The summed E-state index contributed by atoms with van der Waals surface area (Å²) in [5, 5.41) is 72.3. The summed E-state index contributed by atoms with van der Waals surface area (Å²) >= 11 is 0. The van der Waals surface area contributed by atoms with Crippen LogP contribution in [0.4, 0.5) is 0 Å². The van der Waals surface area contributed by atoms with Gasteiger partial charge in [-0.3, -0.25) is 4.79 Å². The van der Waals surface area contributed by atoms with Crippen molar-refractivity contribution in [3.05, 3.63) is 97.2 Å². The third kappa shape index (κ3) is 32.2. The van der Waals surface area contributed by atoms with Crippen LogP contribution in [0.5, 0.6) is 0 Å². The van der Waals surface area contributed by atoms with Gasteiger partial charge in [0.25, 0.3) is 0 Å². The first-order chi connectivity index (χ1) is 35.6. The molecule has 11 atom stereocenters. The van der Waals surface area contributed by atoms with Gasteiger partial charge in [-0.1, -0.05) is 169 Å². The Labute approximate surface area is 439 Å². The molecule has 0 amide bonds. The van der Waals surface area contributed by atoms with Crippen molar-refractivity contribution in [1.82, 2.24) is 0 Å². The van der Waals surface area contributed by atoms with Gasteiger partial charge < -0.3 is 64.2 Å². The Bertz CT molecular complexity index is 1570. The van der Waals surface area contributed by atoms with Gasteiger partial charge in [-0.25, -0.2) is 0 Å². The molecular weight excluding hydrogens is 933 g/mol. The van der Waals surface area contributed by atoms with Crippen molar-refractivity contribution < 1.29 is 69.0 Å². The molecular formula is C59H98O14. The molecule has 7 N–H and O–H groups in total. The number of carbonyl (C=O) groups excluding carboxylic acids is 1. The molecule has 11 unspecified atom stereocenters. The second kappa shape index (κ2) is 45.1. The summed E-state index contributed by atoms with van der Waals surface area (Å²) in [6.07, 6.45) is 43.2. The molecule has 0 aromatic heterocycles. The average Bonchev–Trinajstić information content (AvgIpc) is 3.39. The highest BCUT2D eigenvalue weighted by molar-refractivity contribution is 5.69. The SMILES string of the molecule is CC/C=C\C/C=C\C/C=C\C/C=C\C/C=C\CCCCCCCCCC(=O)OC(COCCCCCCCC/C=C\C/C=C\C/C=C\CC)COC1OC(COC2OC(CO)C(O)C(O)C2O)C(O)C(O)C1O. The summed E-state index contributed by atoms with van der Waals surface area (Å²) in [6, 6.07) is 0. The number of hydrogen-bond donors (Lipinski definition) is 7. The van der Waals surface area contributed by atoms with E-state index >= 15 is 0 Å². The highest BCUT2D eigenvalue weighted by atomic mass is 16.7. The molecule has 73 heavy (non-hydrogen) atoms. The minimum Gasteiger partial charge on any atom is -0.457 e. The lowest BCUT2D eigenvalue weighted by Gasteiger charge is -2.42. The topological polar surface area (TPSA) is 214 Å². The first-order valence-corrected chi connectivity index (χ1v) is 27.8. The Morgan fingerprint density at radius 2 is 0.849 bits per heavy atom. The second-order valence-electron chi connectivity index (χ2n) is 19.0. The van der Waals surface area contributed by atoms with Gasteiger partial charge in [-0.05, 0) is 89.9 Å². The number of rotatable bonds is 43. The van der Waals surface area contributed by atoms with Gasteiger partial charge in [0, 0.05) is 13.0 Å². The molecule has 14 heteroatoms. The summed E-state index contributed by atoms with van der Waals surface area (Å²) in [5.74, 6) is -0.397. The van der Waals surface area contributed by atoms with Crippen LogP contribution in [-0.2, 0) is 33.2 Å². The van der Waals surface area contributed by atoms with E-state index in [-0.39, 0.29) is 19.6 Å². The molecule has 2 rings (SSSR count). The smallest absolute Gasteiger partial charge is 0.306 e. The molecule has 2 aliphatic rings. The van der Waals surface area contributed by atoms with E-state index in [1.165, 1.54) is 12.8 Å². The van der Waals surface area contributed by atoms with Gasteiger partial charge in [0.05, 0.1) is 26.4 Å². The highest BCUT2D eigenvalue weighted by Gasteiger charge is 2.47. The fourth-order valence-corrected chi connectivity index (χ4v) is 8.15. The molecule has 2 fully saturated rings. The molecule has 0 aromatic carbocycles. The summed E-state index contributed by atoms with van der Waals surface area (Å²) in [6.45, 7) is 3.40. The highest BCUT2D eigenvalue weighted by Crippen LogP contribution is 2.26. The van der Waals surface area contributed by atoms with Gasteiger partial charge >= 0.3 is 5.97 Å². The summed E-state index contributed by atoms with van der Waals surface area (Å²) in [4.78, 5) is 13.1. The van der Waals surface area contributed by atoms with E-state index in [9.17, 15) is 40.5 Å². The van der Waals surface area contributed by atoms with Crippen LogP contribution in [0.2, 0.25) is 0 Å². The monoisotopic (exact) mass is 1030 g/mol. The van der Waals surface area contributed by atoms with Crippen molar-refractivity contribution in [2.75, 3.05) is 33.0 Å². The van der Waals surface area contributed by atoms with Gasteiger partial charge in [-0.2, -0.15) is 0 Å². The first kappa shape index (κ1) is 66.0. The Hall–Kier alpha value is -3.09.